The van der Waals surface area contributed by atoms with Crippen molar-refractivity contribution in [1.82, 2.24) is 0 Å². The Bertz CT molecular complexity index is 432. The van der Waals surface area contributed by atoms with Crippen molar-refractivity contribution in [2.24, 2.45) is 0 Å². The van der Waals surface area contributed by atoms with Gasteiger partial charge in [0, 0.05) is 0 Å². The minimum absolute atomic E-state index is 0.215. The molecular weight excluding hydrogens is 176 g/mol. The van der Waals surface area contributed by atoms with Crippen LogP contribution in [0.1, 0.15) is 0 Å². The first-order valence-electron chi connectivity index (χ1n) is 4.26. The predicted molar refractivity (Wildman–Crippen MR) is 54.0 cm³/mol. The Labute approximate surface area is 82.1 Å². The molecule has 69 valence electrons. The maximum absolute atomic E-state index is 9.26. The summed E-state index contributed by atoms with van der Waals surface area (Å²) in [7, 11) is 0. The van der Waals surface area contributed by atoms with Crippen LogP contribution in [0.5, 0.6) is 11.5 Å². The predicted octanol–water partition coefficient (Wildman–Crippen LogP) is 2.56. The van der Waals surface area contributed by atoms with Crippen molar-refractivity contribution in [2.45, 2.75) is 0 Å². The molecular formula is C12H9O2. The topological polar surface area (TPSA) is 40.5 Å². The van der Waals surface area contributed by atoms with Crippen LogP contribution in [0.2, 0.25) is 0 Å². The Morgan fingerprint density at radius 2 is 1.57 bits per heavy atom. The van der Waals surface area contributed by atoms with E-state index >= 15 is 0 Å². The van der Waals surface area contributed by atoms with Gasteiger partial charge in [-0.2, -0.15) is 0 Å². The summed E-state index contributed by atoms with van der Waals surface area (Å²) in [5.74, 6) is 0.445. The summed E-state index contributed by atoms with van der Waals surface area (Å²) in [6, 6.07) is 14.6. The summed E-state index contributed by atoms with van der Waals surface area (Å²) in [5, 5.41) is 18.4. The van der Waals surface area contributed by atoms with Gasteiger partial charge < -0.3 is 10.2 Å². The first-order chi connectivity index (χ1) is 6.75. The molecule has 14 heavy (non-hydrogen) atoms. The van der Waals surface area contributed by atoms with E-state index in [1.54, 1.807) is 42.5 Å². The number of rotatable bonds is 1. The first-order valence-corrected chi connectivity index (χ1v) is 4.26. The van der Waals surface area contributed by atoms with Crippen LogP contribution in [0.4, 0.5) is 0 Å². The fraction of sp³-hybridized carbons (Fsp3) is 0. The van der Waals surface area contributed by atoms with E-state index in [0.717, 1.165) is 11.1 Å². The molecule has 0 atom stereocenters. The van der Waals surface area contributed by atoms with Gasteiger partial charge in [-0.15, -0.1) is 0 Å². The van der Waals surface area contributed by atoms with Crippen molar-refractivity contribution in [1.29, 1.82) is 0 Å². The average molecular weight is 185 g/mol. The molecule has 2 N–H and O–H groups in total. The molecule has 0 heterocycles. The van der Waals surface area contributed by atoms with Gasteiger partial charge in [0.25, 0.3) is 0 Å². The van der Waals surface area contributed by atoms with Gasteiger partial charge in [-0.05, 0) is 41.5 Å². The van der Waals surface area contributed by atoms with Crippen molar-refractivity contribution in [3.63, 3.8) is 0 Å². The molecule has 0 amide bonds. The molecule has 2 aromatic carbocycles. The molecule has 0 spiro atoms. The molecule has 0 bridgehead atoms. The number of phenolic OH excluding ortho intramolecular Hbond substituents is 2. The van der Waals surface area contributed by atoms with E-state index in [1.165, 1.54) is 0 Å². The summed E-state index contributed by atoms with van der Waals surface area (Å²) < 4.78 is 0. The zero-order valence-corrected chi connectivity index (χ0v) is 7.44. The highest BCUT2D eigenvalue weighted by Gasteiger charge is 1.98. The van der Waals surface area contributed by atoms with Crippen LogP contribution < -0.4 is 0 Å². The van der Waals surface area contributed by atoms with Crippen molar-refractivity contribution in [3.05, 3.63) is 48.5 Å². The molecule has 0 aromatic heterocycles. The van der Waals surface area contributed by atoms with E-state index in [0.29, 0.717) is 0 Å². The second-order valence-electron chi connectivity index (χ2n) is 3.01. The molecule has 2 heteroatoms. The molecule has 0 unspecified atom stereocenters. The number of benzene rings is 2. The highest BCUT2D eigenvalue weighted by atomic mass is 16.3. The molecule has 2 rings (SSSR count). The Balaban J connectivity index is 2.44. The quantitative estimate of drug-likeness (QED) is 0.716. The maximum atomic E-state index is 9.26. The lowest BCUT2D eigenvalue weighted by molar-refractivity contribution is 0.475. The zero-order chi connectivity index (χ0) is 9.97. The van der Waals surface area contributed by atoms with Gasteiger partial charge in [0.05, 0.1) is 0 Å². The monoisotopic (exact) mass is 185 g/mol. The minimum Gasteiger partial charge on any atom is -0.508 e. The highest BCUT2D eigenvalue weighted by molar-refractivity contribution is 5.64. The molecule has 0 aliphatic rings. The van der Waals surface area contributed by atoms with Crippen molar-refractivity contribution in [3.8, 4) is 22.6 Å². The fourth-order valence-electron chi connectivity index (χ4n) is 1.26. The highest BCUT2D eigenvalue weighted by Crippen LogP contribution is 2.24. The van der Waals surface area contributed by atoms with Crippen LogP contribution in [0.3, 0.4) is 0 Å². The van der Waals surface area contributed by atoms with Gasteiger partial charge in [-0.3, -0.25) is 0 Å². The Kier molecular flexibility index (Phi) is 2.11. The Morgan fingerprint density at radius 3 is 2.21 bits per heavy atom. The van der Waals surface area contributed by atoms with E-state index in [1.807, 2.05) is 0 Å². The van der Waals surface area contributed by atoms with E-state index in [2.05, 4.69) is 6.07 Å². The zero-order valence-electron chi connectivity index (χ0n) is 7.44. The van der Waals surface area contributed by atoms with E-state index < -0.39 is 0 Å². The third-order valence-electron chi connectivity index (χ3n) is 1.96. The van der Waals surface area contributed by atoms with Crippen molar-refractivity contribution >= 4 is 0 Å². The summed E-state index contributed by atoms with van der Waals surface area (Å²) in [5.41, 5.74) is 1.73. The lowest BCUT2D eigenvalue weighted by Gasteiger charge is -2.01. The van der Waals surface area contributed by atoms with Crippen molar-refractivity contribution < 1.29 is 10.2 Å². The van der Waals surface area contributed by atoms with Gasteiger partial charge in [0.15, 0.2) is 0 Å². The lowest BCUT2D eigenvalue weighted by atomic mass is 10.1. The van der Waals surface area contributed by atoms with Gasteiger partial charge in [-0.25, -0.2) is 0 Å². The standard InChI is InChI=1S/C12H9O2/c13-11-6-4-9(5-7-11)10-2-1-3-12(14)8-10/h1,3-8,13-14H. The van der Waals surface area contributed by atoms with Gasteiger partial charge in [0.2, 0.25) is 0 Å². The Hall–Kier alpha value is -1.96. The molecule has 0 aliphatic carbocycles. The number of hydrogen-bond acceptors (Lipinski definition) is 2. The van der Waals surface area contributed by atoms with E-state index in [4.69, 9.17) is 5.11 Å². The molecule has 2 nitrogen and oxygen atoms in total. The minimum atomic E-state index is 0.215. The van der Waals surface area contributed by atoms with Crippen LogP contribution >= 0.6 is 0 Å². The number of hydrogen-bond donors (Lipinski definition) is 2. The molecule has 2 aromatic rings. The summed E-state index contributed by atoms with van der Waals surface area (Å²) in [6.07, 6.45) is 0. The molecule has 1 radical (unpaired) electrons. The third kappa shape index (κ3) is 1.69. The lowest BCUT2D eigenvalue weighted by Crippen LogP contribution is -1.76. The first kappa shape index (κ1) is 8.63. The van der Waals surface area contributed by atoms with Gasteiger partial charge in [-0.1, -0.05) is 18.2 Å². The fourth-order valence-corrected chi connectivity index (χ4v) is 1.26. The van der Waals surface area contributed by atoms with Crippen LogP contribution in [0, 0.1) is 6.07 Å². The SMILES string of the molecule is Oc1ccc(-c2[c]ccc(O)c2)cc1. The van der Waals surface area contributed by atoms with Crippen LogP contribution in [-0.2, 0) is 0 Å². The van der Waals surface area contributed by atoms with Gasteiger partial charge in [0.1, 0.15) is 11.5 Å². The third-order valence-corrected chi connectivity index (χ3v) is 1.96. The van der Waals surface area contributed by atoms with Crippen LogP contribution in [0.15, 0.2) is 42.5 Å². The summed E-state index contributed by atoms with van der Waals surface area (Å²) >= 11 is 0. The molecule has 0 aliphatic heterocycles. The van der Waals surface area contributed by atoms with Gasteiger partial charge >= 0.3 is 0 Å². The van der Waals surface area contributed by atoms with Crippen molar-refractivity contribution in [2.75, 3.05) is 0 Å². The normalized spacial score (nSPS) is 10.0. The molecule has 0 saturated heterocycles. The second-order valence-corrected chi connectivity index (χ2v) is 3.01. The van der Waals surface area contributed by atoms with E-state index in [9.17, 15) is 5.11 Å². The van der Waals surface area contributed by atoms with E-state index in [-0.39, 0.29) is 11.5 Å². The number of aromatic hydroxyl groups is 2. The molecule has 0 fully saturated rings. The number of phenols is 2. The second kappa shape index (κ2) is 3.42. The van der Waals surface area contributed by atoms with Crippen LogP contribution in [-0.4, -0.2) is 10.2 Å². The molecule has 0 saturated carbocycles. The Morgan fingerprint density at radius 1 is 0.857 bits per heavy atom. The summed E-state index contributed by atoms with van der Waals surface area (Å²) in [6.45, 7) is 0. The summed E-state index contributed by atoms with van der Waals surface area (Å²) in [4.78, 5) is 0. The maximum Gasteiger partial charge on any atom is 0.116 e. The smallest absolute Gasteiger partial charge is 0.116 e. The largest absolute Gasteiger partial charge is 0.508 e. The van der Waals surface area contributed by atoms with Crippen LogP contribution in [0.25, 0.3) is 11.1 Å². The average Bonchev–Trinajstić information content (AvgIpc) is 2.19.